The third-order valence-corrected chi connectivity index (χ3v) is 8.21. The van der Waals surface area contributed by atoms with Crippen molar-refractivity contribution in [1.29, 1.82) is 0 Å². The summed E-state index contributed by atoms with van der Waals surface area (Å²) in [5, 5.41) is 4.51. The van der Waals surface area contributed by atoms with Crippen molar-refractivity contribution in [3.05, 3.63) is 113 Å². The lowest BCUT2D eigenvalue weighted by molar-refractivity contribution is -0.130. The maximum absolute atomic E-state index is 13.8. The molecule has 3 heterocycles. The van der Waals surface area contributed by atoms with Crippen LogP contribution in [-0.4, -0.2) is 56.7 Å². The number of likely N-dealkylation sites (tertiary alicyclic amines) is 1. The highest BCUT2D eigenvalue weighted by Gasteiger charge is 2.27. The molecule has 0 unspecified atom stereocenters. The van der Waals surface area contributed by atoms with Gasteiger partial charge in [0, 0.05) is 87.4 Å². The fraction of sp³-hybridized carbons (Fsp3) is 0.324. The molecule has 0 aliphatic carbocycles. The average Bonchev–Trinajstić information content (AvgIpc) is 3.25. The smallest absolute Gasteiger partial charge is 0.247 e. The Balaban J connectivity index is 1.31. The van der Waals surface area contributed by atoms with Crippen molar-refractivity contribution in [1.82, 2.24) is 24.6 Å². The Hall–Kier alpha value is -4.23. The zero-order chi connectivity index (χ0) is 28.8. The molecule has 41 heavy (non-hydrogen) atoms. The van der Waals surface area contributed by atoms with Crippen LogP contribution in [0.15, 0.2) is 85.2 Å². The molecule has 4 aromatic rings. The van der Waals surface area contributed by atoms with Crippen LogP contribution < -0.4 is 4.90 Å². The fourth-order valence-corrected chi connectivity index (χ4v) is 5.64. The zero-order valence-corrected chi connectivity index (χ0v) is 24.6. The number of carbonyl (C=O) groups is 1. The number of benzene rings is 2. The molecule has 1 fully saturated rings. The van der Waals surface area contributed by atoms with E-state index < -0.39 is 0 Å². The van der Waals surface area contributed by atoms with Crippen LogP contribution in [0.3, 0.4) is 0 Å². The molecule has 0 atom stereocenters. The number of nitrogens with zero attached hydrogens (tertiary/aromatic N) is 6. The quantitative estimate of drug-likeness (QED) is 0.244. The molecule has 2 aromatic carbocycles. The van der Waals surface area contributed by atoms with Gasteiger partial charge in [-0.05, 0) is 68.2 Å². The summed E-state index contributed by atoms with van der Waals surface area (Å²) in [7, 11) is 3.99. The predicted octanol–water partition coefficient (Wildman–Crippen LogP) is 5.91. The molecule has 1 aliphatic heterocycles. The first-order chi connectivity index (χ1) is 19.9. The fourth-order valence-electron chi connectivity index (χ4n) is 5.64. The van der Waals surface area contributed by atoms with E-state index in [4.69, 9.17) is 0 Å². The van der Waals surface area contributed by atoms with Crippen LogP contribution in [0.1, 0.15) is 40.9 Å². The lowest BCUT2D eigenvalue weighted by Crippen LogP contribution is -2.46. The topological polar surface area (TPSA) is 57.5 Å². The monoisotopic (exact) mass is 548 g/mol. The third-order valence-electron chi connectivity index (χ3n) is 8.21. The van der Waals surface area contributed by atoms with Gasteiger partial charge in [0.1, 0.15) is 0 Å². The Morgan fingerprint density at radius 3 is 2.22 bits per heavy atom. The van der Waals surface area contributed by atoms with Crippen molar-refractivity contribution >= 4 is 23.4 Å². The van der Waals surface area contributed by atoms with Gasteiger partial charge >= 0.3 is 0 Å². The van der Waals surface area contributed by atoms with E-state index in [0.717, 1.165) is 66.4 Å². The number of piperidine rings is 1. The van der Waals surface area contributed by atoms with Crippen LogP contribution in [0.5, 0.6) is 0 Å². The van der Waals surface area contributed by atoms with E-state index in [0.29, 0.717) is 6.54 Å². The molecular weight excluding hydrogens is 508 g/mol. The van der Waals surface area contributed by atoms with Crippen LogP contribution in [0.2, 0.25) is 0 Å². The van der Waals surface area contributed by atoms with Gasteiger partial charge in [-0.3, -0.25) is 19.4 Å². The highest BCUT2D eigenvalue weighted by Crippen LogP contribution is 2.26. The van der Waals surface area contributed by atoms with Gasteiger partial charge in [-0.15, -0.1) is 0 Å². The van der Waals surface area contributed by atoms with E-state index in [-0.39, 0.29) is 11.9 Å². The van der Waals surface area contributed by atoms with Crippen molar-refractivity contribution in [3.63, 3.8) is 0 Å². The first kappa shape index (κ1) is 28.3. The first-order valence-electron chi connectivity index (χ1n) is 14.4. The van der Waals surface area contributed by atoms with Gasteiger partial charge in [0.05, 0.1) is 5.69 Å². The third kappa shape index (κ3) is 6.92. The minimum Gasteiger partial charge on any atom is -0.345 e. The minimum absolute atomic E-state index is 0.0483. The number of carbonyl (C=O) groups excluding carboxylic acids is 1. The SMILES string of the molecule is Cc1nn(C)c(C)c1C=CC(=O)N(Cc1ccc(N(C)c2ccncc2)cc1)C1CCN(Cc2ccccc2)CC1. The van der Waals surface area contributed by atoms with Crippen molar-refractivity contribution in [2.24, 2.45) is 7.05 Å². The number of aromatic nitrogens is 3. The summed E-state index contributed by atoms with van der Waals surface area (Å²) in [6, 6.07) is 23.3. The number of aryl methyl sites for hydroxylation is 2. The second-order valence-corrected chi connectivity index (χ2v) is 10.9. The molecule has 5 rings (SSSR count). The van der Waals surface area contributed by atoms with E-state index in [1.54, 1.807) is 18.5 Å². The largest absolute Gasteiger partial charge is 0.345 e. The summed E-state index contributed by atoms with van der Waals surface area (Å²) in [4.78, 5) is 24.6. The Labute approximate surface area is 243 Å². The van der Waals surface area contributed by atoms with Gasteiger partial charge in [-0.2, -0.15) is 5.10 Å². The van der Waals surface area contributed by atoms with Crippen molar-refractivity contribution in [3.8, 4) is 0 Å². The molecule has 0 bridgehead atoms. The second-order valence-electron chi connectivity index (χ2n) is 10.9. The molecule has 1 amide bonds. The van der Waals surface area contributed by atoms with Crippen LogP contribution in [0.25, 0.3) is 6.08 Å². The van der Waals surface area contributed by atoms with Crippen LogP contribution >= 0.6 is 0 Å². The molecule has 1 aliphatic rings. The summed E-state index contributed by atoms with van der Waals surface area (Å²) >= 11 is 0. The molecule has 1 saturated heterocycles. The van der Waals surface area contributed by atoms with E-state index in [1.165, 1.54) is 5.56 Å². The average molecular weight is 549 g/mol. The predicted molar refractivity (Wildman–Crippen MR) is 166 cm³/mol. The maximum Gasteiger partial charge on any atom is 0.247 e. The number of hydrogen-bond donors (Lipinski definition) is 0. The molecule has 0 saturated carbocycles. The van der Waals surface area contributed by atoms with E-state index in [9.17, 15) is 4.79 Å². The normalized spacial score (nSPS) is 14.4. The Morgan fingerprint density at radius 1 is 0.927 bits per heavy atom. The van der Waals surface area contributed by atoms with Gasteiger partial charge in [-0.1, -0.05) is 42.5 Å². The van der Waals surface area contributed by atoms with Gasteiger partial charge in [0.2, 0.25) is 5.91 Å². The minimum atomic E-state index is 0.0483. The molecule has 2 aromatic heterocycles. The number of hydrogen-bond acceptors (Lipinski definition) is 5. The van der Waals surface area contributed by atoms with Crippen molar-refractivity contribution < 1.29 is 4.79 Å². The van der Waals surface area contributed by atoms with Crippen LogP contribution in [0.4, 0.5) is 11.4 Å². The molecule has 7 nitrogen and oxygen atoms in total. The summed E-state index contributed by atoms with van der Waals surface area (Å²) in [6.07, 6.45) is 9.19. The van der Waals surface area contributed by atoms with Gasteiger partial charge in [-0.25, -0.2) is 0 Å². The van der Waals surface area contributed by atoms with E-state index >= 15 is 0 Å². The van der Waals surface area contributed by atoms with Crippen LogP contribution in [0, 0.1) is 13.8 Å². The Morgan fingerprint density at radius 2 is 1.59 bits per heavy atom. The van der Waals surface area contributed by atoms with Crippen LogP contribution in [-0.2, 0) is 24.9 Å². The molecule has 0 radical (unpaired) electrons. The lowest BCUT2D eigenvalue weighted by Gasteiger charge is -2.38. The highest BCUT2D eigenvalue weighted by atomic mass is 16.2. The van der Waals surface area contributed by atoms with Crippen molar-refractivity contribution in [2.45, 2.75) is 45.8 Å². The Bertz CT molecular complexity index is 1450. The van der Waals surface area contributed by atoms with E-state index in [1.807, 2.05) is 43.8 Å². The lowest BCUT2D eigenvalue weighted by atomic mass is 10.0. The summed E-state index contributed by atoms with van der Waals surface area (Å²) in [5.74, 6) is 0.0483. The first-order valence-corrected chi connectivity index (χ1v) is 14.4. The summed E-state index contributed by atoms with van der Waals surface area (Å²) in [5.41, 5.74) is 7.64. The summed E-state index contributed by atoms with van der Waals surface area (Å²) in [6.45, 7) is 7.51. The number of anilines is 2. The maximum atomic E-state index is 13.8. The molecule has 212 valence electrons. The Kier molecular flexibility index (Phi) is 8.95. The zero-order valence-electron chi connectivity index (χ0n) is 24.6. The number of rotatable bonds is 9. The molecule has 0 N–H and O–H groups in total. The van der Waals surface area contributed by atoms with Gasteiger partial charge < -0.3 is 9.80 Å². The number of amides is 1. The van der Waals surface area contributed by atoms with Gasteiger partial charge in [0.15, 0.2) is 0 Å². The standard InChI is InChI=1S/C34H40N6O/c1-26-33(27(2)38(4)36-26)14-15-34(41)40(32-18-22-39(23-19-32)24-28-8-6-5-7-9-28)25-29-10-12-30(13-11-29)37(3)31-16-20-35-21-17-31/h5-17,20-21,32H,18-19,22-25H2,1-4H3. The van der Waals surface area contributed by atoms with Crippen molar-refractivity contribution in [2.75, 3.05) is 25.0 Å². The van der Waals surface area contributed by atoms with Gasteiger partial charge in [0.25, 0.3) is 0 Å². The second kappa shape index (κ2) is 13.0. The van der Waals surface area contributed by atoms with E-state index in [2.05, 4.69) is 86.4 Å². The molecule has 0 spiro atoms. The summed E-state index contributed by atoms with van der Waals surface area (Å²) < 4.78 is 1.87. The molecule has 7 heteroatoms. The highest BCUT2D eigenvalue weighted by molar-refractivity contribution is 5.92. The molecular formula is C34H40N6O. The number of pyridine rings is 1.